The molecule has 0 amide bonds. The highest BCUT2D eigenvalue weighted by molar-refractivity contribution is 7.92. The maximum atomic E-state index is 13.1. The van der Waals surface area contributed by atoms with Crippen LogP contribution in [0.5, 0.6) is 0 Å². The van der Waals surface area contributed by atoms with Crippen LogP contribution in [0.25, 0.3) is 0 Å². The van der Waals surface area contributed by atoms with E-state index in [9.17, 15) is 13.5 Å². The Morgan fingerprint density at radius 2 is 1.75 bits per heavy atom. The third kappa shape index (κ3) is 2.74. The molecule has 0 aromatic heterocycles. The first-order valence-corrected chi connectivity index (χ1v) is 9.73. The van der Waals surface area contributed by atoms with E-state index in [2.05, 4.69) is 0 Å². The van der Waals surface area contributed by atoms with E-state index >= 15 is 0 Å². The van der Waals surface area contributed by atoms with Gasteiger partial charge in [0.2, 0.25) is 0 Å². The Labute approximate surface area is 151 Å². The quantitative estimate of drug-likeness (QED) is 0.828. The molecule has 0 spiro atoms. The lowest BCUT2D eigenvalue weighted by molar-refractivity contribution is 0.212. The van der Waals surface area contributed by atoms with Crippen LogP contribution in [0.1, 0.15) is 11.5 Å². The van der Waals surface area contributed by atoms with Crippen LogP contribution in [0.3, 0.4) is 0 Å². The van der Waals surface area contributed by atoms with Crippen LogP contribution in [0.4, 0.5) is 0 Å². The maximum Gasteiger partial charge on any atom is 0.182 e. The second-order valence-corrected chi connectivity index (χ2v) is 8.99. The van der Waals surface area contributed by atoms with Crippen LogP contribution in [0.15, 0.2) is 53.4 Å². The van der Waals surface area contributed by atoms with Crippen LogP contribution < -0.4 is 5.73 Å². The highest BCUT2D eigenvalue weighted by atomic mass is 35.5. The molecule has 1 aliphatic rings. The first kappa shape index (κ1) is 17.7. The first-order chi connectivity index (χ1) is 11.4. The Kier molecular flexibility index (Phi) is 4.66. The van der Waals surface area contributed by atoms with Crippen LogP contribution in [-0.4, -0.2) is 31.9 Å². The number of aliphatic hydroxyl groups excluding tert-OH is 1. The largest absolute Gasteiger partial charge is 0.396 e. The summed E-state index contributed by atoms with van der Waals surface area (Å²) in [5.41, 5.74) is 5.72. The number of hydrogen-bond donors (Lipinski definition) is 2. The van der Waals surface area contributed by atoms with Gasteiger partial charge in [-0.25, -0.2) is 8.42 Å². The first-order valence-electron chi connectivity index (χ1n) is 7.42. The van der Waals surface area contributed by atoms with Crippen molar-refractivity contribution in [2.45, 2.75) is 16.1 Å². The van der Waals surface area contributed by atoms with Gasteiger partial charge in [-0.05, 0) is 42.0 Å². The van der Waals surface area contributed by atoms with Crippen LogP contribution in [-0.2, 0) is 9.84 Å². The topological polar surface area (TPSA) is 80.4 Å². The number of rotatable bonds is 5. The molecule has 2 aromatic rings. The predicted molar refractivity (Wildman–Crippen MR) is 95.2 cm³/mol. The van der Waals surface area contributed by atoms with Crippen LogP contribution in [0.2, 0.25) is 10.0 Å². The molecule has 0 unspecified atom stereocenters. The van der Waals surface area contributed by atoms with Crippen molar-refractivity contribution in [1.82, 2.24) is 0 Å². The fourth-order valence-corrected chi connectivity index (χ4v) is 6.19. The summed E-state index contributed by atoms with van der Waals surface area (Å²) in [7, 11) is -3.67. The summed E-state index contributed by atoms with van der Waals surface area (Å²) in [6, 6.07) is 13.0. The molecule has 24 heavy (non-hydrogen) atoms. The fraction of sp³-hybridized carbons (Fsp3) is 0.294. The van der Waals surface area contributed by atoms with Crippen LogP contribution in [0, 0.1) is 5.41 Å². The van der Waals surface area contributed by atoms with Crippen molar-refractivity contribution in [2.24, 2.45) is 11.1 Å². The molecule has 0 bridgehead atoms. The lowest BCUT2D eigenvalue weighted by Gasteiger charge is -2.12. The minimum absolute atomic E-state index is 0.0676. The molecule has 3 N–H and O–H groups in total. The number of sulfone groups is 1. The molecular formula is C17H17Cl2NO3S. The summed E-state index contributed by atoms with van der Waals surface area (Å²) in [4.78, 5) is 0.174. The van der Waals surface area contributed by atoms with Gasteiger partial charge in [-0.1, -0.05) is 35.3 Å². The highest BCUT2D eigenvalue weighted by Gasteiger charge is 2.70. The van der Waals surface area contributed by atoms with E-state index in [1.54, 1.807) is 18.2 Å². The molecular weight excluding hydrogens is 369 g/mol. The lowest BCUT2D eigenvalue weighted by atomic mass is 10.0. The van der Waals surface area contributed by atoms with E-state index in [1.165, 1.54) is 24.3 Å². The van der Waals surface area contributed by atoms with Crippen molar-refractivity contribution in [2.75, 3.05) is 13.2 Å². The van der Waals surface area contributed by atoms with Crippen molar-refractivity contribution in [3.8, 4) is 0 Å². The van der Waals surface area contributed by atoms with Gasteiger partial charge in [0.05, 0.1) is 16.8 Å². The number of benzene rings is 2. The van der Waals surface area contributed by atoms with Crippen molar-refractivity contribution in [1.29, 1.82) is 0 Å². The van der Waals surface area contributed by atoms with Gasteiger partial charge in [0.1, 0.15) is 0 Å². The Bertz CT molecular complexity index is 848. The number of aliphatic hydroxyl groups is 1. The third-order valence-electron chi connectivity index (χ3n) is 4.74. The molecule has 2 aromatic carbocycles. The van der Waals surface area contributed by atoms with Gasteiger partial charge >= 0.3 is 0 Å². The maximum absolute atomic E-state index is 13.1. The zero-order valence-corrected chi connectivity index (χ0v) is 15.0. The summed E-state index contributed by atoms with van der Waals surface area (Å²) >= 11 is 11.9. The molecule has 1 fully saturated rings. The molecule has 3 atom stereocenters. The molecule has 0 heterocycles. The minimum Gasteiger partial charge on any atom is -0.396 e. The smallest absolute Gasteiger partial charge is 0.182 e. The van der Waals surface area contributed by atoms with Crippen molar-refractivity contribution in [3.63, 3.8) is 0 Å². The van der Waals surface area contributed by atoms with E-state index in [4.69, 9.17) is 28.9 Å². The van der Waals surface area contributed by atoms with E-state index < -0.39 is 26.4 Å². The van der Waals surface area contributed by atoms with Gasteiger partial charge < -0.3 is 10.8 Å². The lowest BCUT2D eigenvalue weighted by Crippen LogP contribution is -2.27. The fourth-order valence-electron chi connectivity index (χ4n) is 3.42. The molecule has 0 saturated heterocycles. The van der Waals surface area contributed by atoms with Crippen molar-refractivity contribution >= 4 is 33.0 Å². The zero-order chi connectivity index (χ0) is 17.5. The zero-order valence-electron chi connectivity index (χ0n) is 12.7. The molecule has 4 nitrogen and oxygen atoms in total. The molecule has 3 rings (SSSR count). The van der Waals surface area contributed by atoms with Gasteiger partial charge in [-0.15, -0.1) is 0 Å². The Balaban J connectivity index is 2.06. The standard InChI is InChI=1S/C17H17Cl2NO3S/c18-12-4-6-14(7-5-12)24(22,23)16-15(17(16,9-20)10-21)11-2-1-3-13(19)8-11/h1-8,15-16,21H,9-10,20H2/t15-,16-,17+/m1/s1. The molecule has 0 radical (unpaired) electrons. The van der Waals surface area contributed by atoms with Crippen molar-refractivity contribution in [3.05, 3.63) is 64.1 Å². The summed E-state index contributed by atoms with van der Waals surface area (Å²) in [5, 5.41) is 10.1. The third-order valence-corrected chi connectivity index (χ3v) is 7.56. The van der Waals surface area contributed by atoms with E-state index in [-0.39, 0.29) is 18.0 Å². The molecule has 128 valence electrons. The van der Waals surface area contributed by atoms with Gasteiger partial charge in [0.25, 0.3) is 0 Å². The average molecular weight is 386 g/mol. The Morgan fingerprint density at radius 1 is 1.08 bits per heavy atom. The number of halogens is 2. The Morgan fingerprint density at radius 3 is 2.29 bits per heavy atom. The second-order valence-electron chi connectivity index (χ2n) is 6.05. The summed E-state index contributed by atoms with van der Waals surface area (Å²) in [5.74, 6) is -0.396. The molecule has 1 saturated carbocycles. The number of hydrogen-bond acceptors (Lipinski definition) is 4. The predicted octanol–water partition coefficient (Wildman–Crippen LogP) is 2.87. The summed E-state index contributed by atoms with van der Waals surface area (Å²) < 4.78 is 26.1. The highest BCUT2D eigenvalue weighted by Crippen LogP contribution is 2.63. The Hall–Kier alpha value is -1.11. The van der Waals surface area contributed by atoms with E-state index in [1.807, 2.05) is 6.07 Å². The molecule has 1 aliphatic carbocycles. The summed E-state index contributed by atoms with van der Waals surface area (Å²) in [6.45, 7) is -0.240. The summed E-state index contributed by atoms with van der Waals surface area (Å²) in [6.07, 6.45) is 0. The average Bonchev–Trinajstić information content (AvgIpc) is 3.26. The van der Waals surface area contributed by atoms with E-state index in [0.717, 1.165) is 5.56 Å². The molecule has 0 aliphatic heterocycles. The number of nitrogens with two attached hydrogens (primary N) is 1. The van der Waals surface area contributed by atoms with Crippen LogP contribution >= 0.6 is 23.2 Å². The normalized spacial score (nSPS) is 26.3. The van der Waals surface area contributed by atoms with Gasteiger partial charge in [0, 0.05) is 27.9 Å². The van der Waals surface area contributed by atoms with Gasteiger partial charge in [0.15, 0.2) is 9.84 Å². The van der Waals surface area contributed by atoms with E-state index in [0.29, 0.717) is 10.0 Å². The van der Waals surface area contributed by atoms with Crippen molar-refractivity contribution < 1.29 is 13.5 Å². The SMILES string of the molecule is NC[C@]1(CO)[C@H](c2cccc(Cl)c2)[C@H]1S(=O)(=O)c1ccc(Cl)cc1. The minimum atomic E-state index is -3.67. The van der Waals surface area contributed by atoms with Gasteiger partial charge in [-0.3, -0.25) is 0 Å². The second kappa shape index (κ2) is 6.32. The van der Waals surface area contributed by atoms with Gasteiger partial charge in [-0.2, -0.15) is 0 Å². The monoisotopic (exact) mass is 385 g/mol. The molecule has 7 heteroatoms.